The molecule has 0 N–H and O–H groups in total. The van der Waals surface area contributed by atoms with Crippen molar-refractivity contribution in [2.45, 2.75) is 37.7 Å². The van der Waals surface area contributed by atoms with Gasteiger partial charge < -0.3 is 4.74 Å². The van der Waals surface area contributed by atoms with Gasteiger partial charge in [0.15, 0.2) is 11.6 Å². The lowest BCUT2D eigenvalue weighted by Crippen LogP contribution is -2.23. The Bertz CT molecular complexity index is 477. The van der Waals surface area contributed by atoms with Crippen LogP contribution in [0.4, 0.5) is 8.78 Å². The fourth-order valence-electron chi connectivity index (χ4n) is 2.49. The number of esters is 1. The van der Waals surface area contributed by atoms with Crippen LogP contribution in [-0.2, 0) is 9.53 Å². The van der Waals surface area contributed by atoms with Crippen LogP contribution in [0.15, 0.2) is 30.9 Å². The summed E-state index contributed by atoms with van der Waals surface area (Å²) in [4.78, 5) is 11.1. The summed E-state index contributed by atoms with van der Waals surface area (Å²) in [6.45, 7) is 3.35. The number of hydrogen-bond acceptors (Lipinski definition) is 2. The fraction of sp³-hybridized carbons (Fsp3) is 0.400. The van der Waals surface area contributed by atoms with Crippen LogP contribution in [0.1, 0.15) is 37.2 Å². The van der Waals surface area contributed by atoms with Gasteiger partial charge in [0.05, 0.1) is 0 Å². The van der Waals surface area contributed by atoms with Crippen LogP contribution in [0.3, 0.4) is 0 Å². The molecule has 0 spiro atoms. The molecule has 0 unspecified atom stereocenters. The Hall–Kier alpha value is -1.71. The van der Waals surface area contributed by atoms with Crippen molar-refractivity contribution in [2.24, 2.45) is 0 Å². The summed E-state index contributed by atoms with van der Waals surface area (Å²) < 4.78 is 31.2. The molecule has 1 aromatic rings. The van der Waals surface area contributed by atoms with E-state index in [-0.39, 0.29) is 12.0 Å². The largest absolute Gasteiger partial charge is 0.459 e. The van der Waals surface area contributed by atoms with E-state index < -0.39 is 17.6 Å². The van der Waals surface area contributed by atoms with E-state index in [1.165, 1.54) is 6.07 Å². The monoisotopic (exact) mass is 266 g/mol. The summed E-state index contributed by atoms with van der Waals surface area (Å²) in [6.07, 6.45) is 4.15. The Morgan fingerprint density at radius 3 is 2.47 bits per heavy atom. The maximum absolute atomic E-state index is 13.2. The maximum atomic E-state index is 13.2. The van der Waals surface area contributed by atoms with Gasteiger partial charge in [0.25, 0.3) is 0 Å². The summed E-state index contributed by atoms with van der Waals surface area (Å²) in [6, 6.07) is 4.05. The number of ether oxygens (including phenoxy) is 1. The Morgan fingerprint density at radius 2 is 1.89 bits per heavy atom. The molecular formula is C15H16F2O2. The van der Waals surface area contributed by atoms with Crippen LogP contribution >= 0.6 is 0 Å². The highest BCUT2D eigenvalue weighted by Gasteiger charge is 2.24. The molecule has 4 heteroatoms. The zero-order valence-corrected chi connectivity index (χ0v) is 10.6. The SMILES string of the molecule is C=CC(=O)OC1CCC(c2ccc(F)c(F)c2)CC1. The molecule has 0 aliphatic heterocycles. The van der Waals surface area contributed by atoms with Gasteiger partial charge in [-0.3, -0.25) is 0 Å². The number of carbonyl (C=O) groups is 1. The maximum Gasteiger partial charge on any atom is 0.330 e. The highest BCUT2D eigenvalue weighted by atomic mass is 19.2. The molecule has 102 valence electrons. The summed E-state index contributed by atoms with van der Waals surface area (Å²) in [5.74, 6) is -1.83. The van der Waals surface area contributed by atoms with Crippen molar-refractivity contribution in [3.05, 3.63) is 48.1 Å². The van der Waals surface area contributed by atoms with E-state index in [0.717, 1.165) is 43.4 Å². The van der Waals surface area contributed by atoms with Gasteiger partial charge in [-0.1, -0.05) is 12.6 Å². The van der Waals surface area contributed by atoms with E-state index in [0.29, 0.717) is 0 Å². The molecule has 0 bridgehead atoms. The standard InChI is InChI=1S/C15H16F2O2/c1-2-15(18)19-12-6-3-10(4-7-12)11-5-8-13(16)14(17)9-11/h2,5,8-10,12H,1,3-4,6-7H2. The smallest absolute Gasteiger partial charge is 0.330 e. The van der Waals surface area contributed by atoms with Gasteiger partial charge in [0, 0.05) is 6.08 Å². The molecule has 19 heavy (non-hydrogen) atoms. The second-order valence-electron chi connectivity index (χ2n) is 4.79. The van der Waals surface area contributed by atoms with Crippen molar-refractivity contribution in [1.82, 2.24) is 0 Å². The number of rotatable bonds is 3. The zero-order valence-electron chi connectivity index (χ0n) is 10.6. The van der Waals surface area contributed by atoms with Crippen molar-refractivity contribution in [3.63, 3.8) is 0 Å². The van der Waals surface area contributed by atoms with Crippen LogP contribution < -0.4 is 0 Å². The molecule has 2 rings (SSSR count). The minimum absolute atomic E-state index is 0.0907. The first-order chi connectivity index (χ1) is 9.10. The van der Waals surface area contributed by atoms with Crippen molar-refractivity contribution < 1.29 is 18.3 Å². The minimum Gasteiger partial charge on any atom is -0.459 e. The van der Waals surface area contributed by atoms with Gasteiger partial charge in [-0.2, -0.15) is 0 Å². The van der Waals surface area contributed by atoms with Gasteiger partial charge in [-0.25, -0.2) is 13.6 Å². The first-order valence-electron chi connectivity index (χ1n) is 6.38. The first kappa shape index (κ1) is 13.7. The number of benzene rings is 1. The highest BCUT2D eigenvalue weighted by molar-refractivity contribution is 5.81. The zero-order chi connectivity index (χ0) is 13.8. The molecule has 0 aromatic heterocycles. The van der Waals surface area contributed by atoms with Gasteiger partial charge in [-0.15, -0.1) is 0 Å². The van der Waals surface area contributed by atoms with Crippen molar-refractivity contribution in [1.29, 1.82) is 0 Å². The third kappa shape index (κ3) is 3.40. The number of halogens is 2. The van der Waals surface area contributed by atoms with Crippen LogP contribution in [-0.4, -0.2) is 12.1 Å². The summed E-state index contributed by atoms with van der Waals surface area (Å²) >= 11 is 0. The Balaban J connectivity index is 1.94. The van der Waals surface area contributed by atoms with E-state index in [1.807, 2.05) is 0 Å². The van der Waals surface area contributed by atoms with E-state index in [2.05, 4.69) is 6.58 Å². The molecule has 1 fully saturated rings. The predicted octanol–water partition coefficient (Wildman–Crippen LogP) is 3.72. The highest BCUT2D eigenvalue weighted by Crippen LogP contribution is 2.34. The van der Waals surface area contributed by atoms with Crippen molar-refractivity contribution >= 4 is 5.97 Å². The van der Waals surface area contributed by atoms with E-state index >= 15 is 0 Å². The third-order valence-corrected chi connectivity index (χ3v) is 3.54. The summed E-state index contributed by atoms with van der Waals surface area (Å²) in [5, 5.41) is 0. The molecule has 1 aliphatic rings. The summed E-state index contributed by atoms with van der Waals surface area (Å²) in [5.41, 5.74) is 0.812. The van der Waals surface area contributed by atoms with Gasteiger partial charge in [-0.05, 0) is 49.3 Å². The molecule has 0 atom stereocenters. The topological polar surface area (TPSA) is 26.3 Å². The van der Waals surface area contributed by atoms with E-state index in [9.17, 15) is 13.6 Å². The molecule has 0 saturated heterocycles. The quantitative estimate of drug-likeness (QED) is 0.615. The lowest BCUT2D eigenvalue weighted by atomic mass is 9.82. The normalized spacial score (nSPS) is 22.8. The van der Waals surface area contributed by atoms with Crippen LogP contribution in [0.25, 0.3) is 0 Å². The van der Waals surface area contributed by atoms with E-state index in [4.69, 9.17) is 4.74 Å². The molecular weight excluding hydrogens is 250 g/mol. The molecule has 2 nitrogen and oxygen atoms in total. The lowest BCUT2D eigenvalue weighted by molar-refractivity contribution is -0.144. The molecule has 0 heterocycles. The molecule has 1 aromatic carbocycles. The third-order valence-electron chi connectivity index (χ3n) is 3.54. The Labute approximate surface area is 111 Å². The predicted molar refractivity (Wildman–Crippen MR) is 67.6 cm³/mol. The van der Waals surface area contributed by atoms with Crippen molar-refractivity contribution in [3.8, 4) is 0 Å². The average molecular weight is 266 g/mol. The second kappa shape index (κ2) is 5.95. The summed E-state index contributed by atoms with van der Waals surface area (Å²) in [7, 11) is 0. The van der Waals surface area contributed by atoms with Gasteiger partial charge in [0.1, 0.15) is 6.10 Å². The fourth-order valence-corrected chi connectivity index (χ4v) is 2.49. The van der Waals surface area contributed by atoms with Gasteiger partial charge in [0.2, 0.25) is 0 Å². The Morgan fingerprint density at radius 1 is 1.21 bits per heavy atom. The number of hydrogen-bond donors (Lipinski definition) is 0. The van der Waals surface area contributed by atoms with Crippen LogP contribution in [0, 0.1) is 11.6 Å². The van der Waals surface area contributed by atoms with Crippen LogP contribution in [0.5, 0.6) is 0 Å². The van der Waals surface area contributed by atoms with Crippen LogP contribution in [0.2, 0.25) is 0 Å². The Kier molecular flexibility index (Phi) is 4.30. The van der Waals surface area contributed by atoms with Gasteiger partial charge >= 0.3 is 5.97 Å². The second-order valence-corrected chi connectivity index (χ2v) is 4.79. The lowest BCUT2D eigenvalue weighted by Gasteiger charge is -2.28. The van der Waals surface area contributed by atoms with E-state index in [1.54, 1.807) is 6.07 Å². The van der Waals surface area contributed by atoms with Crippen molar-refractivity contribution in [2.75, 3.05) is 0 Å². The molecule has 0 amide bonds. The molecule has 1 saturated carbocycles. The molecule has 0 radical (unpaired) electrons. The first-order valence-corrected chi connectivity index (χ1v) is 6.38. The average Bonchev–Trinajstić information content (AvgIpc) is 2.42. The minimum atomic E-state index is -0.822. The number of carbonyl (C=O) groups excluding carboxylic acids is 1. The molecule has 1 aliphatic carbocycles.